The maximum atomic E-state index is 12.5. The zero-order chi connectivity index (χ0) is 20.8. The van der Waals surface area contributed by atoms with Crippen molar-refractivity contribution in [2.45, 2.75) is 75.3 Å². The molecular weight excluding hydrogens is 404 g/mol. The molecule has 0 saturated carbocycles. The molecule has 0 amide bonds. The lowest BCUT2D eigenvalue weighted by molar-refractivity contribution is -0.238. The molecule has 3 aliphatic heterocycles. The molecule has 1 aromatic carbocycles. The van der Waals surface area contributed by atoms with E-state index in [2.05, 4.69) is 17.4 Å². The number of ether oxygens (including phenoxy) is 1. The van der Waals surface area contributed by atoms with Crippen molar-refractivity contribution >= 4 is 21.6 Å². The monoisotopic (exact) mass is 435 g/mol. The lowest BCUT2D eigenvalue weighted by Gasteiger charge is -2.34. The third kappa shape index (κ3) is 4.23. The molecule has 0 spiro atoms. The Morgan fingerprint density at radius 1 is 1.21 bits per heavy atom. The van der Waals surface area contributed by atoms with Gasteiger partial charge in [0.05, 0.1) is 11.1 Å². The van der Waals surface area contributed by atoms with Gasteiger partial charge in [-0.05, 0) is 68.9 Å². The molecule has 0 aliphatic carbocycles. The highest BCUT2D eigenvalue weighted by Gasteiger charge is 2.46. The van der Waals surface area contributed by atoms with Gasteiger partial charge >= 0.3 is 0 Å². The van der Waals surface area contributed by atoms with E-state index in [4.69, 9.17) is 4.74 Å². The fraction of sp³-hybridized carbons (Fsp3) is 0.636. The van der Waals surface area contributed by atoms with E-state index >= 15 is 0 Å². The molecule has 4 rings (SSSR count). The molecule has 0 aromatic heterocycles. The maximum absolute atomic E-state index is 12.5. The van der Waals surface area contributed by atoms with Crippen LogP contribution in [0, 0.1) is 0 Å². The molecule has 1 radical (unpaired) electrons. The highest BCUT2D eigenvalue weighted by Crippen LogP contribution is 2.41. The van der Waals surface area contributed by atoms with Crippen LogP contribution in [-0.2, 0) is 23.1 Å². The van der Waals surface area contributed by atoms with Crippen LogP contribution in [0.2, 0.25) is 0 Å². The number of benzene rings is 1. The first-order chi connectivity index (χ1) is 13.7. The van der Waals surface area contributed by atoms with Gasteiger partial charge in [0.1, 0.15) is 18.0 Å². The SMILES string of the molecule is CC1(C)C=C(CNCC(O)C2CCc3cc4c(cc3O2)CSSC4)C(C)(C)N1[O]. The third-order valence-electron chi connectivity index (χ3n) is 6.31. The molecule has 0 fully saturated rings. The molecule has 5 nitrogen and oxygen atoms in total. The topological polar surface area (TPSA) is 64.6 Å². The fourth-order valence-electron chi connectivity index (χ4n) is 4.56. The summed E-state index contributed by atoms with van der Waals surface area (Å²) in [6.45, 7) is 8.83. The van der Waals surface area contributed by atoms with Gasteiger partial charge in [0, 0.05) is 24.6 Å². The number of nitrogens with one attached hydrogen (secondary N) is 1. The number of hydrogen-bond donors (Lipinski definition) is 2. The van der Waals surface area contributed by atoms with Gasteiger partial charge in [-0.25, -0.2) is 0 Å². The van der Waals surface area contributed by atoms with Crippen molar-refractivity contribution < 1.29 is 15.1 Å². The van der Waals surface area contributed by atoms with E-state index in [0.29, 0.717) is 13.1 Å². The zero-order valence-corrected chi connectivity index (χ0v) is 19.3. The van der Waals surface area contributed by atoms with Crippen LogP contribution in [-0.4, -0.2) is 46.5 Å². The van der Waals surface area contributed by atoms with Crippen molar-refractivity contribution in [3.05, 3.63) is 40.5 Å². The summed E-state index contributed by atoms with van der Waals surface area (Å²) in [5.41, 5.74) is 4.10. The van der Waals surface area contributed by atoms with Crippen LogP contribution >= 0.6 is 21.6 Å². The van der Waals surface area contributed by atoms with E-state index in [0.717, 1.165) is 40.7 Å². The van der Waals surface area contributed by atoms with Crippen LogP contribution in [0.4, 0.5) is 0 Å². The predicted molar refractivity (Wildman–Crippen MR) is 119 cm³/mol. The van der Waals surface area contributed by atoms with Gasteiger partial charge < -0.3 is 15.2 Å². The zero-order valence-electron chi connectivity index (χ0n) is 17.7. The lowest BCUT2D eigenvalue weighted by Crippen LogP contribution is -2.48. The number of aliphatic hydroxyl groups is 1. The summed E-state index contributed by atoms with van der Waals surface area (Å²) < 4.78 is 6.19. The smallest absolute Gasteiger partial charge is 0.126 e. The van der Waals surface area contributed by atoms with Crippen molar-refractivity contribution in [1.29, 1.82) is 0 Å². The summed E-state index contributed by atoms with van der Waals surface area (Å²) in [4.78, 5) is 0. The molecule has 3 aliphatic rings. The second-order valence-electron chi connectivity index (χ2n) is 9.32. The quantitative estimate of drug-likeness (QED) is 0.541. The van der Waals surface area contributed by atoms with Gasteiger partial charge in [0.15, 0.2) is 0 Å². The number of aliphatic hydroxyl groups excluding tert-OH is 1. The van der Waals surface area contributed by atoms with Gasteiger partial charge in [0.2, 0.25) is 0 Å². The van der Waals surface area contributed by atoms with E-state index in [1.54, 1.807) is 0 Å². The highest BCUT2D eigenvalue weighted by molar-refractivity contribution is 8.76. The summed E-state index contributed by atoms with van der Waals surface area (Å²) in [5, 5.41) is 27.7. The average Bonchev–Trinajstić information content (AvgIpc) is 2.85. The second-order valence-corrected chi connectivity index (χ2v) is 11.8. The minimum absolute atomic E-state index is 0.198. The molecule has 7 heteroatoms. The molecule has 159 valence electrons. The van der Waals surface area contributed by atoms with E-state index < -0.39 is 17.2 Å². The summed E-state index contributed by atoms with van der Waals surface area (Å²) in [6, 6.07) is 4.48. The van der Waals surface area contributed by atoms with Crippen molar-refractivity contribution in [2.24, 2.45) is 0 Å². The molecule has 1 aromatic rings. The predicted octanol–water partition coefficient (Wildman–Crippen LogP) is 3.87. The second kappa shape index (κ2) is 8.09. The first-order valence-electron chi connectivity index (χ1n) is 10.3. The van der Waals surface area contributed by atoms with Crippen LogP contribution in [0.15, 0.2) is 23.8 Å². The Balaban J connectivity index is 1.34. The van der Waals surface area contributed by atoms with Crippen molar-refractivity contribution in [3.63, 3.8) is 0 Å². The molecule has 2 unspecified atom stereocenters. The highest BCUT2D eigenvalue weighted by atomic mass is 33.1. The minimum Gasteiger partial charge on any atom is -0.487 e. The lowest BCUT2D eigenvalue weighted by atomic mass is 9.95. The Hall–Kier alpha value is -0.700. The summed E-state index contributed by atoms with van der Waals surface area (Å²) in [5.74, 6) is 3.02. The first-order valence-corrected chi connectivity index (χ1v) is 12.8. The van der Waals surface area contributed by atoms with Crippen LogP contribution in [0.3, 0.4) is 0 Å². The number of aryl methyl sites for hydroxylation is 1. The summed E-state index contributed by atoms with van der Waals surface area (Å²) >= 11 is 0. The Kier molecular flexibility index (Phi) is 6.01. The molecule has 2 atom stereocenters. The van der Waals surface area contributed by atoms with Crippen molar-refractivity contribution in [1.82, 2.24) is 10.4 Å². The Bertz CT molecular complexity index is 809. The normalized spacial score (nSPS) is 26.3. The molecule has 0 bridgehead atoms. The van der Waals surface area contributed by atoms with Gasteiger partial charge in [-0.3, -0.25) is 0 Å². The van der Waals surface area contributed by atoms with E-state index in [1.165, 1.54) is 16.7 Å². The summed E-state index contributed by atoms with van der Waals surface area (Å²) in [6.07, 6.45) is 3.04. The van der Waals surface area contributed by atoms with Gasteiger partial charge in [0.25, 0.3) is 0 Å². The molecule has 0 saturated heterocycles. The van der Waals surface area contributed by atoms with Gasteiger partial charge in [-0.15, -0.1) is 10.3 Å². The van der Waals surface area contributed by atoms with Crippen LogP contribution in [0.25, 0.3) is 0 Å². The summed E-state index contributed by atoms with van der Waals surface area (Å²) in [7, 11) is 3.80. The van der Waals surface area contributed by atoms with Gasteiger partial charge in [-0.2, -0.15) is 0 Å². The molecule has 3 heterocycles. The van der Waals surface area contributed by atoms with Crippen LogP contribution in [0.5, 0.6) is 5.75 Å². The van der Waals surface area contributed by atoms with Crippen LogP contribution < -0.4 is 10.1 Å². The number of nitrogens with zero attached hydrogens (tertiary/aromatic N) is 1. The Morgan fingerprint density at radius 3 is 2.55 bits per heavy atom. The number of fused-ring (bicyclic) bond motifs is 2. The molecular formula is C22H31N2O3S2. The standard InChI is InChI=1S/C22H31N2O3S2/c1-21(2)9-17(22(3,4)24(21)26)10-23-11-18(25)19-6-5-14-7-15-12-28-29-13-16(15)8-20(14)27-19/h7-9,18-19,23,25H,5-6,10-13H2,1-4H3. The first kappa shape index (κ1) is 21.5. The van der Waals surface area contributed by atoms with Gasteiger partial charge in [-0.1, -0.05) is 33.7 Å². The number of hydrogen-bond acceptors (Lipinski definition) is 6. The number of rotatable bonds is 5. The van der Waals surface area contributed by atoms with E-state index in [-0.39, 0.29) is 6.10 Å². The Labute approximate surface area is 181 Å². The van der Waals surface area contributed by atoms with Crippen LogP contribution in [0.1, 0.15) is 50.8 Å². The maximum Gasteiger partial charge on any atom is 0.126 e. The van der Waals surface area contributed by atoms with Crippen molar-refractivity contribution in [2.75, 3.05) is 13.1 Å². The van der Waals surface area contributed by atoms with E-state index in [9.17, 15) is 10.3 Å². The molecule has 29 heavy (non-hydrogen) atoms. The third-order valence-corrected chi connectivity index (χ3v) is 8.55. The number of hydroxylamine groups is 2. The Morgan fingerprint density at radius 2 is 1.90 bits per heavy atom. The fourth-order valence-corrected chi connectivity index (χ4v) is 6.78. The molecule has 2 N–H and O–H groups in total. The average molecular weight is 436 g/mol. The van der Waals surface area contributed by atoms with E-state index in [1.807, 2.05) is 55.4 Å². The largest absolute Gasteiger partial charge is 0.487 e. The van der Waals surface area contributed by atoms with Crippen molar-refractivity contribution in [3.8, 4) is 5.75 Å². The minimum atomic E-state index is -0.578.